The molecule has 1 atom stereocenters. The highest BCUT2D eigenvalue weighted by atomic mass is 19.1. The van der Waals surface area contributed by atoms with E-state index in [1.54, 1.807) is 18.2 Å². The quantitative estimate of drug-likeness (QED) is 0.819. The molecule has 5 heteroatoms. The molecule has 15 heavy (non-hydrogen) atoms. The Bertz CT molecular complexity index is 468. The lowest BCUT2D eigenvalue weighted by atomic mass is 10.2. The normalized spacial score (nSPS) is 12.7. The molecule has 1 aromatic heterocycles. The van der Waals surface area contributed by atoms with Crippen LogP contribution in [0.3, 0.4) is 0 Å². The van der Waals surface area contributed by atoms with Crippen molar-refractivity contribution in [1.29, 1.82) is 0 Å². The minimum atomic E-state index is -0.849. The van der Waals surface area contributed by atoms with Crippen LogP contribution in [0.15, 0.2) is 28.8 Å². The number of aliphatic hydroxyl groups excluding tert-OH is 1. The van der Waals surface area contributed by atoms with Gasteiger partial charge >= 0.3 is 0 Å². The van der Waals surface area contributed by atoms with Crippen molar-refractivity contribution in [3.8, 4) is 11.4 Å². The third-order valence-corrected chi connectivity index (χ3v) is 1.91. The van der Waals surface area contributed by atoms with Gasteiger partial charge in [-0.05, 0) is 19.1 Å². The fourth-order valence-corrected chi connectivity index (χ4v) is 1.16. The topological polar surface area (TPSA) is 59.2 Å². The summed E-state index contributed by atoms with van der Waals surface area (Å²) in [5.74, 6) is -0.201. The maximum absolute atomic E-state index is 13.3. The van der Waals surface area contributed by atoms with Gasteiger partial charge in [0, 0.05) is 0 Å². The van der Waals surface area contributed by atoms with Crippen LogP contribution in [-0.4, -0.2) is 15.2 Å². The number of hydrogen-bond donors (Lipinski definition) is 1. The number of halogens is 1. The monoisotopic (exact) mass is 208 g/mol. The van der Waals surface area contributed by atoms with E-state index in [-0.39, 0.29) is 17.3 Å². The van der Waals surface area contributed by atoms with E-state index < -0.39 is 11.9 Å². The van der Waals surface area contributed by atoms with Crippen LogP contribution in [0.25, 0.3) is 11.4 Å². The van der Waals surface area contributed by atoms with Gasteiger partial charge in [0.1, 0.15) is 11.9 Å². The summed E-state index contributed by atoms with van der Waals surface area (Å²) >= 11 is 0. The molecule has 2 aromatic rings. The van der Waals surface area contributed by atoms with Crippen molar-refractivity contribution in [3.63, 3.8) is 0 Å². The molecule has 0 aliphatic rings. The van der Waals surface area contributed by atoms with E-state index in [2.05, 4.69) is 10.1 Å². The second kappa shape index (κ2) is 3.78. The lowest BCUT2D eigenvalue weighted by Gasteiger charge is -1.95. The summed E-state index contributed by atoms with van der Waals surface area (Å²) < 4.78 is 18.1. The van der Waals surface area contributed by atoms with Gasteiger partial charge < -0.3 is 9.63 Å². The largest absolute Gasteiger partial charge is 0.384 e. The van der Waals surface area contributed by atoms with E-state index in [9.17, 15) is 4.39 Å². The molecular formula is C10H9FN2O2. The Morgan fingerprint density at radius 3 is 2.73 bits per heavy atom. The summed E-state index contributed by atoms with van der Waals surface area (Å²) in [6.07, 6.45) is -0.849. The molecule has 0 fully saturated rings. The second-order valence-electron chi connectivity index (χ2n) is 3.11. The molecular weight excluding hydrogens is 199 g/mol. The molecule has 0 amide bonds. The Kier molecular flexibility index (Phi) is 2.47. The fraction of sp³-hybridized carbons (Fsp3) is 0.200. The number of rotatable bonds is 2. The lowest BCUT2D eigenvalue weighted by molar-refractivity contribution is 0.152. The summed E-state index contributed by atoms with van der Waals surface area (Å²) in [6, 6.07) is 6.12. The minimum absolute atomic E-state index is 0.0771. The Balaban J connectivity index is 2.42. The average Bonchev–Trinajstić information content (AvgIpc) is 2.67. The van der Waals surface area contributed by atoms with Gasteiger partial charge in [-0.25, -0.2) is 4.39 Å². The van der Waals surface area contributed by atoms with Crippen molar-refractivity contribution in [2.75, 3.05) is 0 Å². The molecule has 0 saturated carbocycles. The smallest absolute Gasteiger partial charge is 0.255 e. The van der Waals surface area contributed by atoms with Crippen LogP contribution in [-0.2, 0) is 0 Å². The first-order valence-electron chi connectivity index (χ1n) is 4.45. The number of nitrogens with zero attached hydrogens (tertiary/aromatic N) is 2. The molecule has 0 saturated heterocycles. The standard InChI is InChI=1S/C10H9FN2O2/c1-6(14)10-12-9(13-15-10)7-4-2-3-5-8(7)11/h2-6,14H,1H3/t6-/m0/s1. The third kappa shape index (κ3) is 1.87. The Labute approximate surface area is 85.4 Å². The van der Waals surface area contributed by atoms with Crippen LogP contribution in [0, 0.1) is 5.82 Å². The maximum Gasteiger partial charge on any atom is 0.255 e. The first kappa shape index (κ1) is 9.79. The van der Waals surface area contributed by atoms with Gasteiger partial charge in [0.2, 0.25) is 5.82 Å². The van der Waals surface area contributed by atoms with Gasteiger partial charge in [-0.1, -0.05) is 17.3 Å². The van der Waals surface area contributed by atoms with Gasteiger partial charge in [-0.3, -0.25) is 0 Å². The zero-order valence-electron chi connectivity index (χ0n) is 8.01. The zero-order chi connectivity index (χ0) is 10.8. The van der Waals surface area contributed by atoms with Gasteiger partial charge in [0.15, 0.2) is 0 Å². The second-order valence-corrected chi connectivity index (χ2v) is 3.11. The molecule has 0 radical (unpaired) electrons. The fourth-order valence-electron chi connectivity index (χ4n) is 1.16. The van der Waals surface area contributed by atoms with Crippen molar-refractivity contribution in [2.24, 2.45) is 0 Å². The predicted molar refractivity (Wildman–Crippen MR) is 50.3 cm³/mol. The van der Waals surface area contributed by atoms with Crippen molar-refractivity contribution < 1.29 is 14.0 Å². The number of hydrogen-bond acceptors (Lipinski definition) is 4. The van der Waals surface area contributed by atoms with E-state index in [0.717, 1.165) is 0 Å². The highest BCUT2D eigenvalue weighted by Gasteiger charge is 2.14. The molecule has 0 unspecified atom stereocenters. The van der Waals surface area contributed by atoms with E-state index in [4.69, 9.17) is 9.63 Å². The van der Waals surface area contributed by atoms with Crippen LogP contribution < -0.4 is 0 Å². The number of aliphatic hydroxyl groups is 1. The van der Waals surface area contributed by atoms with Gasteiger partial charge in [-0.2, -0.15) is 4.98 Å². The zero-order valence-corrected chi connectivity index (χ0v) is 8.01. The van der Waals surface area contributed by atoms with Crippen molar-refractivity contribution >= 4 is 0 Å². The number of aromatic nitrogens is 2. The van der Waals surface area contributed by atoms with E-state index in [1.165, 1.54) is 13.0 Å². The molecule has 0 bridgehead atoms. The van der Waals surface area contributed by atoms with E-state index >= 15 is 0 Å². The molecule has 78 valence electrons. The maximum atomic E-state index is 13.3. The van der Waals surface area contributed by atoms with Gasteiger partial charge in [0.05, 0.1) is 5.56 Å². The van der Waals surface area contributed by atoms with Crippen LogP contribution in [0.5, 0.6) is 0 Å². The molecule has 0 spiro atoms. The summed E-state index contributed by atoms with van der Waals surface area (Å²) in [6.45, 7) is 1.50. The SMILES string of the molecule is C[C@H](O)c1nc(-c2ccccc2F)no1. The highest BCUT2D eigenvalue weighted by molar-refractivity contribution is 5.54. The Morgan fingerprint density at radius 1 is 1.40 bits per heavy atom. The van der Waals surface area contributed by atoms with E-state index in [0.29, 0.717) is 0 Å². The predicted octanol–water partition coefficient (Wildman–Crippen LogP) is 1.93. The van der Waals surface area contributed by atoms with Crippen molar-refractivity contribution in [2.45, 2.75) is 13.0 Å². The van der Waals surface area contributed by atoms with Crippen LogP contribution in [0.1, 0.15) is 18.9 Å². The molecule has 2 rings (SSSR count). The van der Waals surface area contributed by atoms with Gasteiger partial charge in [-0.15, -0.1) is 0 Å². The molecule has 0 aliphatic carbocycles. The van der Waals surface area contributed by atoms with Crippen molar-refractivity contribution in [3.05, 3.63) is 36.0 Å². The molecule has 1 N–H and O–H groups in total. The first-order valence-corrected chi connectivity index (χ1v) is 4.45. The summed E-state index contributed by atoms with van der Waals surface area (Å²) in [4.78, 5) is 3.87. The molecule has 1 heterocycles. The summed E-state index contributed by atoms with van der Waals surface area (Å²) in [5.41, 5.74) is 0.258. The Morgan fingerprint density at radius 2 is 2.13 bits per heavy atom. The first-order chi connectivity index (χ1) is 7.18. The van der Waals surface area contributed by atoms with Gasteiger partial charge in [0.25, 0.3) is 5.89 Å². The minimum Gasteiger partial charge on any atom is -0.384 e. The van der Waals surface area contributed by atoms with Crippen LogP contribution in [0.2, 0.25) is 0 Å². The number of benzene rings is 1. The highest BCUT2D eigenvalue weighted by Crippen LogP contribution is 2.20. The van der Waals surface area contributed by atoms with E-state index in [1.807, 2.05) is 0 Å². The third-order valence-electron chi connectivity index (χ3n) is 1.91. The molecule has 1 aromatic carbocycles. The van der Waals surface area contributed by atoms with Crippen LogP contribution in [0.4, 0.5) is 4.39 Å². The van der Waals surface area contributed by atoms with Crippen molar-refractivity contribution in [1.82, 2.24) is 10.1 Å². The summed E-state index contributed by atoms with van der Waals surface area (Å²) in [7, 11) is 0. The Hall–Kier alpha value is -1.75. The summed E-state index contributed by atoms with van der Waals surface area (Å²) in [5, 5.41) is 12.7. The molecule has 4 nitrogen and oxygen atoms in total. The molecule has 0 aliphatic heterocycles. The average molecular weight is 208 g/mol. The lowest BCUT2D eigenvalue weighted by Crippen LogP contribution is -1.91. The van der Waals surface area contributed by atoms with Crippen LogP contribution >= 0.6 is 0 Å².